The summed E-state index contributed by atoms with van der Waals surface area (Å²) in [5, 5.41) is 10.8. The number of hydrogen-bond donors (Lipinski definition) is 2. The molecule has 5 nitrogen and oxygen atoms in total. The van der Waals surface area contributed by atoms with Crippen LogP contribution in [0.15, 0.2) is 40.1 Å². The first-order chi connectivity index (χ1) is 11.8. The van der Waals surface area contributed by atoms with E-state index in [0.29, 0.717) is 13.1 Å². The van der Waals surface area contributed by atoms with Crippen LogP contribution in [-0.2, 0) is 13.1 Å². The summed E-state index contributed by atoms with van der Waals surface area (Å²) in [4.78, 5) is 11.4. The molecule has 130 valence electrons. The quantitative estimate of drug-likeness (QED) is 0.570. The SMILES string of the molecule is CCNC(=NCc1ccsc1)NCc1ccc(N(CC)CC)nc1. The number of guanidine groups is 1. The van der Waals surface area contributed by atoms with Crippen molar-refractivity contribution in [1.29, 1.82) is 0 Å². The van der Waals surface area contributed by atoms with Gasteiger partial charge < -0.3 is 15.5 Å². The van der Waals surface area contributed by atoms with E-state index in [1.165, 1.54) is 5.56 Å². The number of nitrogens with zero attached hydrogens (tertiary/aromatic N) is 3. The highest BCUT2D eigenvalue weighted by Gasteiger charge is 2.04. The van der Waals surface area contributed by atoms with Crippen LogP contribution in [0, 0.1) is 0 Å². The van der Waals surface area contributed by atoms with Crippen LogP contribution >= 0.6 is 11.3 Å². The van der Waals surface area contributed by atoms with E-state index in [1.807, 2.05) is 6.20 Å². The molecule has 0 unspecified atom stereocenters. The molecule has 2 aromatic heterocycles. The van der Waals surface area contributed by atoms with E-state index < -0.39 is 0 Å². The summed E-state index contributed by atoms with van der Waals surface area (Å²) in [6.45, 7) is 10.6. The van der Waals surface area contributed by atoms with Crippen molar-refractivity contribution in [2.75, 3.05) is 24.5 Å². The maximum Gasteiger partial charge on any atom is 0.191 e. The van der Waals surface area contributed by atoms with Gasteiger partial charge in [-0.05, 0) is 54.8 Å². The fourth-order valence-corrected chi connectivity index (χ4v) is 3.00. The Morgan fingerprint density at radius 3 is 2.54 bits per heavy atom. The van der Waals surface area contributed by atoms with E-state index in [1.54, 1.807) is 11.3 Å². The number of aromatic nitrogens is 1. The summed E-state index contributed by atoms with van der Waals surface area (Å²) in [6, 6.07) is 6.31. The predicted molar refractivity (Wildman–Crippen MR) is 104 cm³/mol. The zero-order valence-electron chi connectivity index (χ0n) is 14.7. The molecule has 2 rings (SSSR count). The van der Waals surface area contributed by atoms with Gasteiger partial charge in [0, 0.05) is 32.4 Å². The van der Waals surface area contributed by atoms with Crippen LogP contribution in [0.1, 0.15) is 31.9 Å². The predicted octanol–water partition coefficient (Wildman–Crippen LogP) is 3.24. The number of pyridine rings is 1. The minimum atomic E-state index is 0.692. The summed E-state index contributed by atoms with van der Waals surface area (Å²) in [6.07, 6.45) is 1.93. The Labute approximate surface area is 148 Å². The van der Waals surface area contributed by atoms with Crippen molar-refractivity contribution in [1.82, 2.24) is 15.6 Å². The second-order valence-corrected chi connectivity index (χ2v) is 6.16. The van der Waals surface area contributed by atoms with Gasteiger partial charge in [0.1, 0.15) is 5.82 Å². The molecule has 0 bridgehead atoms. The Kier molecular flexibility index (Phi) is 7.55. The Morgan fingerprint density at radius 2 is 1.96 bits per heavy atom. The van der Waals surface area contributed by atoms with E-state index >= 15 is 0 Å². The first-order valence-electron chi connectivity index (χ1n) is 8.49. The van der Waals surface area contributed by atoms with Crippen LogP contribution in [0.2, 0.25) is 0 Å². The summed E-state index contributed by atoms with van der Waals surface area (Å²) in [5.74, 6) is 1.86. The zero-order chi connectivity index (χ0) is 17.2. The van der Waals surface area contributed by atoms with Crippen LogP contribution in [0.5, 0.6) is 0 Å². The minimum Gasteiger partial charge on any atom is -0.357 e. The summed E-state index contributed by atoms with van der Waals surface area (Å²) in [7, 11) is 0. The Hall–Kier alpha value is -2.08. The molecule has 24 heavy (non-hydrogen) atoms. The van der Waals surface area contributed by atoms with Crippen LogP contribution in [0.25, 0.3) is 0 Å². The van der Waals surface area contributed by atoms with Gasteiger partial charge in [0.2, 0.25) is 0 Å². The van der Waals surface area contributed by atoms with Gasteiger partial charge in [-0.25, -0.2) is 9.98 Å². The molecule has 2 N–H and O–H groups in total. The molecule has 0 aromatic carbocycles. The van der Waals surface area contributed by atoms with E-state index in [9.17, 15) is 0 Å². The average Bonchev–Trinajstić information content (AvgIpc) is 3.13. The van der Waals surface area contributed by atoms with Crippen molar-refractivity contribution in [2.24, 2.45) is 4.99 Å². The van der Waals surface area contributed by atoms with Gasteiger partial charge in [-0.1, -0.05) is 6.07 Å². The number of nitrogens with one attached hydrogen (secondary N) is 2. The third kappa shape index (κ3) is 5.53. The second kappa shape index (κ2) is 9.93. The average molecular weight is 346 g/mol. The first-order valence-corrected chi connectivity index (χ1v) is 9.44. The fraction of sp³-hybridized carbons (Fsp3) is 0.444. The lowest BCUT2D eigenvalue weighted by molar-refractivity contribution is 0.809. The van der Waals surface area contributed by atoms with Crippen molar-refractivity contribution in [2.45, 2.75) is 33.9 Å². The van der Waals surface area contributed by atoms with Crippen molar-refractivity contribution in [3.05, 3.63) is 46.3 Å². The van der Waals surface area contributed by atoms with Gasteiger partial charge in [-0.3, -0.25) is 0 Å². The standard InChI is InChI=1S/C18H27N5S/c1-4-19-18(22-13-16-9-10-24-14-16)21-12-15-7-8-17(20-11-15)23(5-2)6-3/h7-11,14H,4-6,12-13H2,1-3H3,(H2,19,21,22). The normalized spacial score (nSPS) is 11.4. The molecular formula is C18H27N5S. The van der Waals surface area contributed by atoms with Crippen molar-refractivity contribution in [3.63, 3.8) is 0 Å². The number of anilines is 1. The van der Waals surface area contributed by atoms with Gasteiger partial charge in [-0.15, -0.1) is 0 Å². The molecule has 0 saturated heterocycles. The third-order valence-corrected chi connectivity index (χ3v) is 4.43. The Morgan fingerprint density at radius 1 is 1.12 bits per heavy atom. The number of hydrogen-bond acceptors (Lipinski definition) is 4. The molecule has 0 amide bonds. The summed E-state index contributed by atoms with van der Waals surface area (Å²) in [5.41, 5.74) is 2.38. The van der Waals surface area contributed by atoms with Gasteiger partial charge >= 0.3 is 0 Å². The van der Waals surface area contributed by atoms with Crippen LogP contribution < -0.4 is 15.5 Å². The van der Waals surface area contributed by atoms with Crippen LogP contribution in [0.3, 0.4) is 0 Å². The molecule has 2 heterocycles. The Bertz CT molecular complexity index is 603. The maximum absolute atomic E-state index is 4.62. The number of rotatable bonds is 8. The molecular weight excluding hydrogens is 318 g/mol. The maximum atomic E-state index is 4.62. The van der Waals surface area contributed by atoms with Gasteiger partial charge in [0.05, 0.1) is 6.54 Å². The monoisotopic (exact) mass is 345 g/mol. The molecule has 6 heteroatoms. The summed E-state index contributed by atoms with van der Waals surface area (Å²) < 4.78 is 0. The molecule has 2 aromatic rings. The lowest BCUT2D eigenvalue weighted by atomic mass is 10.2. The third-order valence-electron chi connectivity index (χ3n) is 3.70. The smallest absolute Gasteiger partial charge is 0.191 e. The van der Waals surface area contributed by atoms with Crippen LogP contribution in [-0.4, -0.2) is 30.6 Å². The minimum absolute atomic E-state index is 0.692. The van der Waals surface area contributed by atoms with Gasteiger partial charge in [0.25, 0.3) is 0 Å². The van der Waals surface area contributed by atoms with Crippen molar-refractivity contribution < 1.29 is 0 Å². The highest BCUT2D eigenvalue weighted by Crippen LogP contribution is 2.11. The van der Waals surface area contributed by atoms with E-state index in [2.05, 4.69) is 75.2 Å². The lowest BCUT2D eigenvalue weighted by Gasteiger charge is -2.19. The topological polar surface area (TPSA) is 52.6 Å². The largest absolute Gasteiger partial charge is 0.357 e. The van der Waals surface area contributed by atoms with E-state index in [-0.39, 0.29) is 0 Å². The van der Waals surface area contributed by atoms with Gasteiger partial charge in [-0.2, -0.15) is 11.3 Å². The summed E-state index contributed by atoms with van der Waals surface area (Å²) >= 11 is 1.70. The molecule has 0 aliphatic carbocycles. The number of aliphatic imine (C=N–C) groups is 1. The molecule has 0 aliphatic rings. The highest BCUT2D eigenvalue weighted by atomic mass is 32.1. The molecule has 0 aliphatic heterocycles. The van der Waals surface area contributed by atoms with Crippen molar-refractivity contribution >= 4 is 23.1 Å². The molecule has 0 atom stereocenters. The Balaban J connectivity index is 1.92. The highest BCUT2D eigenvalue weighted by molar-refractivity contribution is 7.07. The molecule has 0 spiro atoms. The first kappa shape index (κ1) is 18.3. The van der Waals surface area contributed by atoms with Crippen LogP contribution in [0.4, 0.5) is 5.82 Å². The van der Waals surface area contributed by atoms with Crippen molar-refractivity contribution in [3.8, 4) is 0 Å². The lowest BCUT2D eigenvalue weighted by Crippen LogP contribution is -2.36. The van der Waals surface area contributed by atoms with E-state index in [4.69, 9.17) is 0 Å². The fourth-order valence-electron chi connectivity index (χ4n) is 2.34. The van der Waals surface area contributed by atoms with Gasteiger partial charge in [0.15, 0.2) is 5.96 Å². The molecule has 0 fully saturated rings. The second-order valence-electron chi connectivity index (χ2n) is 5.38. The molecule has 0 radical (unpaired) electrons. The number of thiophene rings is 1. The zero-order valence-corrected chi connectivity index (χ0v) is 15.6. The molecule has 0 saturated carbocycles. The van der Waals surface area contributed by atoms with E-state index in [0.717, 1.165) is 37.0 Å².